The van der Waals surface area contributed by atoms with E-state index in [1.54, 1.807) is 6.08 Å². The number of rotatable bonds is 44. The first-order chi connectivity index (χ1) is 30.5. The Hall–Kier alpha value is -2.58. The highest BCUT2D eigenvalue weighted by Crippen LogP contribution is 2.38. The van der Waals surface area contributed by atoms with Gasteiger partial charge in [0.1, 0.15) is 13.2 Å². The molecule has 0 heterocycles. The van der Waals surface area contributed by atoms with Gasteiger partial charge in [0.05, 0.1) is 39.9 Å². The predicted octanol–water partition coefficient (Wildman–Crippen LogP) is 14.1. The Balaban J connectivity index is 4.41. The molecule has 1 amide bonds. The number of hydrogen-bond acceptors (Lipinski definition) is 6. The lowest BCUT2D eigenvalue weighted by atomic mass is 10.1. The number of nitrogens with zero attached hydrogens (tertiary/aromatic N) is 1. The van der Waals surface area contributed by atoms with Crippen molar-refractivity contribution in [3.8, 4) is 0 Å². The van der Waals surface area contributed by atoms with Crippen LogP contribution < -0.4 is 10.2 Å². The van der Waals surface area contributed by atoms with Crippen LogP contribution in [0, 0.1) is 0 Å². The molecule has 0 rings (SSSR count). The monoisotopic (exact) mass is 899 g/mol. The number of hydrogen-bond donors (Lipinski definition) is 2. The zero-order valence-corrected chi connectivity index (χ0v) is 41.9. The van der Waals surface area contributed by atoms with E-state index in [1.807, 2.05) is 27.2 Å². The van der Waals surface area contributed by atoms with Crippen molar-refractivity contribution < 1.29 is 32.9 Å². The molecule has 362 valence electrons. The summed E-state index contributed by atoms with van der Waals surface area (Å²) in [5.74, 6) is -0.227. The summed E-state index contributed by atoms with van der Waals surface area (Å²) < 4.78 is 23.2. The number of likely N-dealkylation sites (N-methyl/N-ethyl adjacent to an activating group) is 1. The molecule has 0 radical (unpaired) electrons. The molecule has 9 heteroatoms. The van der Waals surface area contributed by atoms with Gasteiger partial charge in [-0.2, -0.15) is 0 Å². The summed E-state index contributed by atoms with van der Waals surface area (Å²) in [5, 5.41) is 13.8. The molecular formula is C54H95N2O6P. The summed E-state index contributed by atoms with van der Waals surface area (Å²) in [6, 6.07) is -0.918. The fourth-order valence-corrected chi connectivity index (χ4v) is 7.30. The van der Waals surface area contributed by atoms with E-state index in [2.05, 4.69) is 104 Å². The number of nitrogens with one attached hydrogen (secondary N) is 1. The van der Waals surface area contributed by atoms with E-state index in [0.29, 0.717) is 17.4 Å². The lowest BCUT2D eigenvalue weighted by Crippen LogP contribution is -2.45. The Morgan fingerprint density at radius 3 is 1.48 bits per heavy atom. The molecule has 0 fully saturated rings. The van der Waals surface area contributed by atoms with Crippen LogP contribution in [0.4, 0.5) is 0 Å². The third kappa shape index (κ3) is 47.2. The van der Waals surface area contributed by atoms with Crippen LogP contribution in [0.15, 0.2) is 97.2 Å². The maximum atomic E-state index is 12.9. The van der Waals surface area contributed by atoms with E-state index >= 15 is 0 Å². The minimum absolute atomic E-state index is 0.0149. The normalized spacial score (nSPS) is 15.0. The summed E-state index contributed by atoms with van der Waals surface area (Å²) in [6.07, 6.45) is 63.2. The van der Waals surface area contributed by atoms with Crippen molar-refractivity contribution in [2.24, 2.45) is 0 Å². The van der Waals surface area contributed by atoms with Crippen molar-refractivity contribution in [3.63, 3.8) is 0 Å². The van der Waals surface area contributed by atoms with Crippen molar-refractivity contribution in [1.29, 1.82) is 0 Å². The van der Waals surface area contributed by atoms with Crippen LogP contribution in [-0.4, -0.2) is 68.5 Å². The molecule has 2 N–H and O–H groups in total. The summed E-state index contributed by atoms with van der Waals surface area (Å²) in [4.78, 5) is 25.4. The number of aliphatic hydroxyl groups is 1. The van der Waals surface area contributed by atoms with Crippen LogP contribution in [0.25, 0.3) is 0 Å². The molecule has 0 saturated heterocycles. The number of unbranched alkanes of at least 4 members (excludes halogenated alkanes) is 17. The third-order valence-electron chi connectivity index (χ3n) is 10.5. The molecule has 0 aromatic rings. The van der Waals surface area contributed by atoms with Crippen LogP contribution in [0.3, 0.4) is 0 Å². The fraction of sp³-hybridized carbons (Fsp3) is 0.685. The second-order valence-corrected chi connectivity index (χ2v) is 19.2. The van der Waals surface area contributed by atoms with Gasteiger partial charge in [-0.3, -0.25) is 9.36 Å². The van der Waals surface area contributed by atoms with Crippen molar-refractivity contribution in [2.45, 2.75) is 199 Å². The van der Waals surface area contributed by atoms with Crippen LogP contribution in [0.5, 0.6) is 0 Å². The van der Waals surface area contributed by atoms with Crippen molar-refractivity contribution >= 4 is 13.7 Å². The standard InChI is InChI=1S/C54H95N2O6P/c1-6-8-10-12-14-16-18-20-22-24-25-26-27-28-29-30-31-32-34-36-38-40-42-44-46-48-54(58)55-52(51-62-63(59,60)61-50-49-56(3,4)5)53(57)47-45-43-41-39-37-35-33-23-21-19-17-15-13-11-9-7-2/h8,10,14,16,20,22,25-26,28-29,31-32,37,39,45,47,52-53,57H,6-7,9,11-13,15,17-19,21,23-24,27,30,33-36,38,40-44,46,48-51H2,1-5H3,(H-,55,58,59,60)/b10-8-,16-14-,22-20-,26-25-,29-28-,32-31-,39-37+,47-45+. The van der Waals surface area contributed by atoms with E-state index < -0.39 is 26.6 Å². The average molecular weight is 899 g/mol. The van der Waals surface area contributed by atoms with Crippen molar-refractivity contribution in [3.05, 3.63) is 97.2 Å². The molecule has 0 aliphatic rings. The highest BCUT2D eigenvalue weighted by atomic mass is 31.2. The zero-order chi connectivity index (χ0) is 46.4. The smallest absolute Gasteiger partial charge is 0.268 e. The van der Waals surface area contributed by atoms with Crippen LogP contribution in [0.2, 0.25) is 0 Å². The SMILES string of the molecule is CC/C=C\C/C=C\C/C=C\C/C=C\C/C=C\C/C=C\CCCCCCCCC(=O)NC(COP(=O)([O-])OCC[N+](C)(C)C)C(O)/C=C/CC/C=C/CCCCCCCCCCCC. The molecule has 3 unspecified atom stereocenters. The first kappa shape index (κ1) is 60.4. The molecule has 0 aliphatic carbocycles. The minimum Gasteiger partial charge on any atom is -0.756 e. The first-order valence-corrected chi connectivity index (χ1v) is 26.6. The molecule has 0 bridgehead atoms. The highest BCUT2D eigenvalue weighted by molar-refractivity contribution is 7.45. The lowest BCUT2D eigenvalue weighted by molar-refractivity contribution is -0.870. The van der Waals surface area contributed by atoms with E-state index in [9.17, 15) is 19.4 Å². The van der Waals surface area contributed by atoms with E-state index in [4.69, 9.17) is 9.05 Å². The molecule has 0 saturated carbocycles. The molecule has 0 aromatic heterocycles. The van der Waals surface area contributed by atoms with Crippen molar-refractivity contribution in [1.82, 2.24) is 5.32 Å². The molecule has 0 spiro atoms. The van der Waals surface area contributed by atoms with Gasteiger partial charge in [0, 0.05) is 6.42 Å². The van der Waals surface area contributed by atoms with Gasteiger partial charge in [0.25, 0.3) is 7.82 Å². The number of amides is 1. The van der Waals surface area contributed by atoms with Crippen LogP contribution in [0.1, 0.15) is 187 Å². The Kier molecular flexibility index (Phi) is 42.8. The first-order valence-electron chi connectivity index (χ1n) is 25.1. The number of carbonyl (C=O) groups excluding carboxylic acids is 1. The molecule has 0 aromatic carbocycles. The molecular weight excluding hydrogens is 804 g/mol. The van der Waals surface area contributed by atoms with Gasteiger partial charge >= 0.3 is 0 Å². The summed E-state index contributed by atoms with van der Waals surface area (Å²) in [6.45, 7) is 4.48. The summed E-state index contributed by atoms with van der Waals surface area (Å²) in [5.41, 5.74) is 0. The average Bonchev–Trinajstić information content (AvgIpc) is 3.24. The summed E-state index contributed by atoms with van der Waals surface area (Å²) in [7, 11) is 1.22. The largest absolute Gasteiger partial charge is 0.756 e. The van der Waals surface area contributed by atoms with E-state index in [-0.39, 0.29) is 12.5 Å². The van der Waals surface area contributed by atoms with Gasteiger partial charge in [0.2, 0.25) is 5.91 Å². The number of phosphoric acid groups is 1. The lowest BCUT2D eigenvalue weighted by Gasteiger charge is -2.29. The Morgan fingerprint density at radius 2 is 0.984 bits per heavy atom. The number of carbonyl (C=O) groups is 1. The van der Waals surface area contributed by atoms with Crippen LogP contribution in [-0.2, 0) is 18.4 Å². The second-order valence-electron chi connectivity index (χ2n) is 17.8. The Labute approximate surface area is 388 Å². The Bertz CT molecular complexity index is 1340. The quantitative estimate of drug-likeness (QED) is 0.0273. The van der Waals surface area contributed by atoms with Gasteiger partial charge in [-0.1, -0.05) is 195 Å². The molecule has 8 nitrogen and oxygen atoms in total. The van der Waals surface area contributed by atoms with Gasteiger partial charge in [0.15, 0.2) is 0 Å². The molecule has 63 heavy (non-hydrogen) atoms. The van der Waals surface area contributed by atoms with Gasteiger partial charge in [-0.05, 0) is 83.5 Å². The maximum absolute atomic E-state index is 12.9. The number of allylic oxidation sites excluding steroid dienone is 15. The van der Waals surface area contributed by atoms with E-state index in [1.165, 1.54) is 64.2 Å². The Morgan fingerprint density at radius 1 is 0.571 bits per heavy atom. The van der Waals surface area contributed by atoms with Gasteiger partial charge in [-0.15, -0.1) is 0 Å². The topological polar surface area (TPSA) is 108 Å². The predicted molar refractivity (Wildman–Crippen MR) is 269 cm³/mol. The minimum atomic E-state index is -4.61. The molecule has 0 aliphatic heterocycles. The molecule has 3 atom stereocenters. The number of quaternary nitrogens is 1. The summed E-state index contributed by atoms with van der Waals surface area (Å²) >= 11 is 0. The fourth-order valence-electron chi connectivity index (χ4n) is 6.58. The second kappa shape index (κ2) is 44.6. The zero-order valence-electron chi connectivity index (χ0n) is 41.0. The van der Waals surface area contributed by atoms with Gasteiger partial charge in [-0.25, -0.2) is 0 Å². The van der Waals surface area contributed by atoms with Crippen LogP contribution >= 0.6 is 7.82 Å². The highest BCUT2D eigenvalue weighted by Gasteiger charge is 2.23. The maximum Gasteiger partial charge on any atom is 0.268 e. The van der Waals surface area contributed by atoms with Gasteiger partial charge < -0.3 is 28.8 Å². The van der Waals surface area contributed by atoms with Crippen molar-refractivity contribution in [2.75, 3.05) is 40.9 Å². The number of aliphatic hydroxyl groups excluding tert-OH is 1. The number of phosphoric ester groups is 1. The van der Waals surface area contributed by atoms with E-state index in [0.717, 1.165) is 103 Å². The third-order valence-corrected chi connectivity index (χ3v) is 11.5.